The summed E-state index contributed by atoms with van der Waals surface area (Å²) in [7, 11) is 0. The Bertz CT molecular complexity index is 1310. The monoisotopic (exact) mass is 439 g/mol. The summed E-state index contributed by atoms with van der Waals surface area (Å²) in [4.78, 5) is 22.5. The van der Waals surface area contributed by atoms with Gasteiger partial charge >= 0.3 is 0 Å². The number of benzene rings is 2. The van der Waals surface area contributed by atoms with Crippen LogP contribution in [0.2, 0.25) is 0 Å². The standard InChI is InChI=1S/C25H21N5OS/c31-25(28-21-5-3-4-19(14-21)15-29-13-11-26-18-29)20-7-9-23(10-8-20)32-17-22-16-30-12-2-1-6-24(30)27-22/h1-14,16,18H,15,17H2,(H,28,31). The molecule has 0 bridgehead atoms. The van der Waals surface area contributed by atoms with Crippen molar-refractivity contribution < 1.29 is 4.79 Å². The molecule has 32 heavy (non-hydrogen) atoms. The summed E-state index contributed by atoms with van der Waals surface area (Å²) in [5, 5.41) is 2.99. The van der Waals surface area contributed by atoms with Crippen LogP contribution >= 0.6 is 11.8 Å². The second kappa shape index (κ2) is 9.11. The number of carbonyl (C=O) groups excluding carboxylic acids is 1. The molecule has 5 rings (SSSR count). The molecule has 1 N–H and O–H groups in total. The minimum atomic E-state index is -0.123. The third kappa shape index (κ3) is 4.73. The van der Waals surface area contributed by atoms with E-state index in [0.717, 1.165) is 33.2 Å². The molecule has 3 aromatic heterocycles. The van der Waals surface area contributed by atoms with E-state index in [1.807, 2.05) is 94.3 Å². The van der Waals surface area contributed by atoms with Gasteiger partial charge in [0.2, 0.25) is 0 Å². The van der Waals surface area contributed by atoms with Gasteiger partial charge in [0.25, 0.3) is 5.91 Å². The van der Waals surface area contributed by atoms with Crippen molar-refractivity contribution in [2.45, 2.75) is 17.2 Å². The topological polar surface area (TPSA) is 64.2 Å². The first-order valence-electron chi connectivity index (χ1n) is 10.2. The lowest BCUT2D eigenvalue weighted by Gasteiger charge is -2.09. The fraction of sp³-hybridized carbons (Fsp3) is 0.0800. The smallest absolute Gasteiger partial charge is 0.255 e. The second-order valence-electron chi connectivity index (χ2n) is 7.40. The molecule has 2 aromatic carbocycles. The zero-order valence-electron chi connectivity index (χ0n) is 17.3. The van der Waals surface area contributed by atoms with Crippen LogP contribution in [0, 0.1) is 0 Å². The molecule has 0 saturated heterocycles. The lowest BCUT2D eigenvalue weighted by molar-refractivity contribution is 0.102. The molecule has 0 spiro atoms. The number of thioether (sulfide) groups is 1. The van der Waals surface area contributed by atoms with Gasteiger partial charge in [0.05, 0.1) is 12.0 Å². The normalized spacial score (nSPS) is 11.0. The first-order chi connectivity index (χ1) is 15.7. The van der Waals surface area contributed by atoms with Gasteiger partial charge in [0.15, 0.2) is 0 Å². The lowest BCUT2D eigenvalue weighted by atomic mass is 10.1. The third-order valence-electron chi connectivity index (χ3n) is 5.03. The van der Waals surface area contributed by atoms with Crippen molar-refractivity contribution in [2.24, 2.45) is 0 Å². The Morgan fingerprint density at radius 1 is 1.00 bits per heavy atom. The van der Waals surface area contributed by atoms with E-state index in [0.29, 0.717) is 12.1 Å². The van der Waals surface area contributed by atoms with E-state index >= 15 is 0 Å². The summed E-state index contributed by atoms with van der Waals surface area (Å²) in [5.74, 6) is 0.651. The van der Waals surface area contributed by atoms with Crippen LogP contribution in [-0.4, -0.2) is 24.8 Å². The number of rotatable bonds is 7. The van der Waals surface area contributed by atoms with Crippen molar-refractivity contribution >= 4 is 29.0 Å². The van der Waals surface area contributed by atoms with Crippen LogP contribution < -0.4 is 5.32 Å². The molecule has 0 radical (unpaired) electrons. The summed E-state index contributed by atoms with van der Waals surface area (Å²) in [6, 6.07) is 21.5. The molecule has 0 fully saturated rings. The van der Waals surface area contributed by atoms with Crippen molar-refractivity contribution in [3.05, 3.63) is 115 Å². The molecular formula is C25H21N5OS. The zero-order chi connectivity index (χ0) is 21.8. The average molecular weight is 440 g/mol. The number of nitrogens with one attached hydrogen (secondary N) is 1. The molecule has 1 amide bonds. The molecule has 7 heteroatoms. The minimum Gasteiger partial charge on any atom is -0.333 e. The summed E-state index contributed by atoms with van der Waals surface area (Å²) in [6.07, 6.45) is 9.49. The summed E-state index contributed by atoms with van der Waals surface area (Å²) < 4.78 is 4.01. The number of carbonyl (C=O) groups is 1. The summed E-state index contributed by atoms with van der Waals surface area (Å²) >= 11 is 1.70. The van der Waals surface area contributed by atoms with E-state index in [-0.39, 0.29) is 5.91 Å². The SMILES string of the molecule is O=C(Nc1cccc(Cn2ccnc2)c1)c1ccc(SCc2cn3ccccc3n2)cc1. The molecule has 0 atom stereocenters. The van der Waals surface area contributed by atoms with E-state index in [1.54, 1.807) is 24.3 Å². The van der Waals surface area contributed by atoms with E-state index in [2.05, 4.69) is 15.3 Å². The summed E-state index contributed by atoms with van der Waals surface area (Å²) in [6.45, 7) is 0.710. The first kappa shape index (κ1) is 20.1. The van der Waals surface area contributed by atoms with Gasteiger partial charge in [-0.25, -0.2) is 9.97 Å². The molecule has 158 valence electrons. The Balaban J connectivity index is 1.19. The highest BCUT2D eigenvalue weighted by Crippen LogP contribution is 2.23. The van der Waals surface area contributed by atoms with Crippen molar-refractivity contribution in [1.29, 1.82) is 0 Å². The van der Waals surface area contributed by atoms with E-state index in [4.69, 9.17) is 0 Å². The zero-order valence-corrected chi connectivity index (χ0v) is 18.1. The number of fused-ring (bicyclic) bond motifs is 1. The van der Waals surface area contributed by atoms with Gasteiger partial charge in [-0.15, -0.1) is 11.8 Å². The van der Waals surface area contributed by atoms with Crippen LogP contribution in [0.15, 0.2) is 103 Å². The molecule has 0 aliphatic rings. The summed E-state index contributed by atoms with van der Waals surface area (Å²) in [5.41, 5.74) is 4.47. The molecule has 6 nitrogen and oxygen atoms in total. The largest absolute Gasteiger partial charge is 0.333 e. The van der Waals surface area contributed by atoms with E-state index in [1.165, 1.54) is 0 Å². The highest BCUT2D eigenvalue weighted by atomic mass is 32.2. The van der Waals surface area contributed by atoms with Gasteiger partial charge in [0.1, 0.15) is 5.65 Å². The molecule has 0 aliphatic heterocycles. The van der Waals surface area contributed by atoms with Gasteiger partial charge in [-0.2, -0.15) is 0 Å². The Morgan fingerprint density at radius 3 is 2.72 bits per heavy atom. The first-order valence-corrected chi connectivity index (χ1v) is 11.2. The number of amides is 1. The van der Waals surface area contributed by atoms with Crippen molar-refractivity contribution in [2.75, 3.05) is 5.32 Å². The number of hydrogen-bond acceptors (Lipinski definition) is 4. The molecular weight excluding hydrogens is 418 g/mol. The van der Waals surface area contributed by atoms with Crippen LogP contribution in [0.4, 0.5) is 5.69 Å². The number of anilines is 1. The number of nitrogens with zero attached hydrogens (tertiary/aromatic N) is 4. The highest BCUT2D eigenvalue weighted by Gasteiger charge is 2.08. The van der Waals surface area contributed by atoms with Crippen molar-refractivity contribution in [3.63, 3.8) is 0 Å². The quantitative estimate of drug-likeness (QED) is 0.357. The van der Waals surface area contributed by atoms with Gasteiger partial charge in [-0.3, -0.25) is 4.79 Å². The van der Waals surface area contributed by atoms with E-state index in [9.17, 15) is 4.79 Å². The maximum absolute atomic E-state index is 12.7. The predicted molar refractivity (Wildman–Crippen MR) is 127 cm³/mol. The lowest BCUT2D eigenvalue weighted by Crippen LogP contribution is -2.12. The molecule has 0 aliphatic carbocycles. The predicted octanol–water partition coefficient (Wildman–Crippen LogP) is 5.12. The molecule has 0 saturated carbocycles. The Labute approximate surface area is 190 Å². The van der Waals surface area contributed by atoms with Gasteiger partial charge in [-0.05, 0) is 54.1 Å². The number of hydrogen-bond donors (Lipinski definition) is 1. The number of imidazole rings is 2. The van der Waals surface area contributed by atoms with Crippen LogP contribution in [-0.2, 0) is 12.3 Å². The minimum absolute atomic E-state index is 0.123. The number of aromatic nitrogens is 4. The van der Waals surface area contributed by atoms with Crippen LogP contribution in [0.25, 0.3) is 5.65 Å². The van der Waals surface area contributed by atoms with E-state index < -0.39 is 0 Å². The Kier molecular flexibility index (Phi) is 5.72. The maximum atomic E-state index is 12.7. The highest BCUT2D eigenvalue weighted by molar-refractivity contribution is 7.98. The van der Waals surface area contributed by atoms with Crippen molar-refractivity contribution in [3.8, 4) is 0 Å². The van der Waals surface area contributed by atoms with Crippen molar-refractivity contribution in [1.82, 2.24) is 18.9 Å². The number of pyridine rings is 1. The molecule has 0 unspecified atom stereocenters. The van der Waals surface area contributed by atoms with Gasteiger partial charge < -0.3 is 14.3 Å². The Morgan fingerprint density at radius 2 is 1.91 bits per heavy atom. The van der Waals surface area contributed by atoms with Crippen LogP contribution in [0.3, 0.4) is 0 Å². The van der Waals surface area contributed by atoms with Gasteiger partial charge in [-0.1, -0.05) is 18.2 Å². The fourth-order valence-corrected chi connectivity index (χ4v) is 4.24. The van der Waals surface area contributed by atoms with Crippen LogP contribution in [0.5, 0.6) is 0 Å². The average Bonchev–Trinajstić information content (AvgIpc) is 3.47. The van der Waals surface area contributed by atoms with Gasteiger partial charge in [0, 0.05) is 53.2 Å². The fourth-order valence-electron chi connectivity index (χ4n) is 3.46. The van der Waals surface area contributed by atoms with Crippen LogP contribution in [0.1, 0.15) is 21.6 Å². The molecule has 3 heterocycles. The second-order valence-corrected chi connectivity index (χ2v) is 8.45. The third-order valence-corrected chi connectivity index (χ3v) is 6.07. The Hall–Kier alpha value is -3.84. The maximum Gasteiger partial charge on any atom is 0.255 e. The molecule has 5 aromatic rings.